The van der Waals surface area contributed by atoms with Gasteiger partial charge in [-0.1, -0.05) is 18.5 Å². The lowest BCUT2D eigenvalue weighted by Gasteiger charge is -1.93. The Hall–Kier alpha value is -1.43. The molecule has 0 aromatic carbocycles. The Morgan fingerprint density at radius 3 is 2.21 bits per heavy atom. The van der Waals surface area contributed by atoms with Gasteiger partial charge >= 0.3 is 12.1 Å². The standard InChI is InChI=1S/C4H9N3.C2HF3O2/c1-2-3-4-6-7-5;3-2(4,5)1(6)7/h2-4H2,1H3;(H,6,7). The average Bonchev–Trinajstić information content (AvgIpc) is 2.05. The molecule has 0 fully saturated rings. The fourth-order valence-electron chi connectivity index (χ4n) is 0.274. The minimum atomic E-state index is -5.08. The number of aliphatic carboxylic acids is 1. The molecule has 82 valence electrons. The SMILES string of the molecule is CCCCN=[N+]=[N-].O=C(O)C(F)(F)F. The number of unbranched alkanes of at least 4 members (excludes halogenated alkanes) is 1. The van der Waals surface area contributed by atoms with E-state index in [0.29, 0.717) is 6.54 Å². The van der Waals surface area contributed by atoms with Crippen LogP contribution in [-0.4, -0.2) is 23.8 Å². The largest absolute Gasteiger partial charge is 0.490 e. The molecule has 0 aliphatic rings. The Kier molecular flexibility index (Phi) is 8.80. The van der Waals surface area contributed by atoms with E-state index in [1.54, 1.807) is 0 Å². The number of azide groups is 1. The van der Waals surface area contributed by atoms with E-state index in [-0.39, 0.29) is 0 Å². The predicted molar refractivity (Wildman–Crippen MR) is 42.6 cm³/mol. The summed E-state index contributed by atoms with van der Waals surface area (Å²) in [6, 6.07) is 0. The lowest BCUT2D eigenvalue weighted by Crippen LogP contribution is -2.21. The van der Waals surface area contributed by atoms with Gasteiger partial charge in [0.15, 0.2) is 0 Å². The number of carboxylic acids is 1. The van der Waals surface area contributed by atoms with Crippen molar-refractivity contribution >= 4 is 5.97 Å². The zero-order chi connectivity index (χ0) is 11.6. The molecule has 0 unspecified atom stereocenters. The van der Waals surface area contributed by atoms with Crippen molar-refractivity contribution in [3.8, 4) is 0 Å². The molecule has 0 aliphatic carbocycles. The molecule has 0 saturated carbocycles. The molecule has 0 rings (SSSR count). The Balaban J connectivity index is 0. The van der Waals surface area contributed by atoms with Crippen molar-refractivity contribution in [2.24, 2.45) is 5.11 Å². The molecule has 0 radical (unpaired) electrons. The van der Waals surface area contributed by atoms with Crippen LogP contribution >= 0.6 is 0 Å². The van der Waals surface area contributed by atoms with Gasteiger partial charge in [0.2, 0.25) is 0 Å². The van der Waals surface area contributed by atoms with Gasteiger partial charge in [0.25, 0.3) is 0 Å². The monoisotopic (exact) mass is 213 g/mol. The van der Waals surface area contributed by atoms with Crippen LogP contribution in [0.5, 0.6) is 0 Å². The zero-order valence-corrected chi connectivity index (χ0v) is 7.45. The summed E-state index contributed by atoms with van der Waals surface area (Å²) in [6.07, 6.45) is -2.98. The van der Waals surface area contributed by atoms with E-state index in [0.717, 1.165) is 12.8 Å². The quantitative estimate of drug-likeness (QED) is 0.338. The highest BCUT2D eigenvalue weighted by Gasteiger charge is 2.38. The first kappa shape index (κ1) is 15.1. The molecule has 14 heavy (non-hydrogen) atoms. The minimum absolute atomic E-state index is 0.646. The molecule has 5 nitrogen and oxygen atoms in total. The molecule has 8 heteroatoms. The lowest BCUT2D eigenvalue weighted by molar-refractivity contribution is -0.192. The van der Waals surface area contributed by atoms with Crippen molar-refractivity contribution in [1.82, 2.24) is 0 Å². The summed E-state index contributed by atoms with van der Waals surface area (Å²) < 4.78 is 31.7. The van der Waals surface area contributed by atoms with E-state index < -0.39 is 12.1 Å². The Labute approximate surface area is 78.2 Å². The Morgan fingerprint density at radius 1 is 1.57 bits per heavy atom. The molecule has 0 aliphatic heterocycles. The van der Waals surface area contributed by atoms with E-state index in [4.69, 9.17) is 15.4 Å². The molecular weight excluding hydrogens is 203 g/mol. The third kappa shape index (κ3) is 13.2. The van der Waals surface area contributed by atoms with Crippen molar-refractivity contribution in [3.63, 3.8) is 0 Å². The van der Waals surface area contributed by atoms with Gasteiger partial charge in [-0.2, -0.15) is 13.2 Å². The van der Waals surface area contributed by atoms with Crippen LogP contribution in [0.25, 0.3) is 10.4 Å². The number of hydrogen-bond acceptors (Lipinski definition) is 2. The van der Waals surface area contributed by atoms with Crippen LogP contribution in [0.15, 0.2) is 5.11 Å². The van der Waals surface area contributed by atoms with Crippen molar-refractivity contribution in [1.29, 1.82) is 0 Å². The molecule has 0 spiro atoms. The van der Waals surface area contributed by atoms with Gasteiger partial charge in [-0.3, -0.25) is 0 Å². The van der Waals surface area contributed by atoms with Crippen molar-refractivity contribution in [3.05, 3.63) is 10.4 Å². The summed E-state index contributed by atoms with van der Waals surface area (Å²) in [5.41, 5.74) is 7.75. The molecule has 0 aromatic rings. The van der Waals surface area contributed by atoms with E-state index in [1.165, 1.54) is 0 Å². The highest BCUT2D eigenvalue weighted by Crippen LogP contribution is 2.13. The van der Waals surface area contributed by atoms with Crippen molar-refractivity contribution in [2.45, 2.75) is 25.9 Å². The third-order valence-corrected chi connectivity index (χ3v) is 0.917. The predicted octanol–water partition coefficient (Wildman–Crippen LogP) is 2.73. The number of alkyl halides is 3. The van der Waals surface area contributed by atoms with Gasteiger partial charge < -0.3 is 5.11 Å². The summed E-state index contributed by atoms with van der Waals surface area (Å²) >= 11 is 0. The van der Waals surface area contributed by atoms with Crippen LogP contribution in [0.1, 0.15) is 19.8 Å². The molecule has 0 heterocycles. The summed E-state index contributed by atoms with van der Waals surface area (Å²) in [6.45, 7) is 2.71. The molecular formula is C6H10F3N3O2. The maximum Gasteiger partial charge on any atom is 0.490 e. The maximum absolute atomic E-state index is 10.6. The van der Waals surface area contributed by atoms with Crippen LogP contribution < -0.4 is 0 Å². The van der Waals surface area contributed by atoms with Gasteiger partial charge in [0.05, 0.1) is 0 Å². The number of hydrogen-bond donors (Lipinski definition) is 1. The smallest absolute Gasteiger partial charge is 0.475 e. The number of carbonyl (C=O) groups is 1. The summed E-state index contributed by atoms with van der Waals surface area (Å²) in [5.74, 6) is -2.76. The summed E-state index contributed by atoms with van der Waals surface area (Å²) in [5, 5.41) is 10.5. The summed E-state index contributed by atoms with van der Waals surface area (Å²) in [7, 11) is 0. The molecule has 0 aromatic heterocycles. The van der Waals surface area contributed by atoms with Gasteiger partial charge in [-0.25, -0.2) is 4.79 Å². The molecule has 0 saturated heterocycles. The van der Waals surface area contributed by atoms with E-state index in [1.807, 2.05) is 0 Å². The third-order valence-electron chi connectivity index (χ3n) is 0.917. The second kappa shape index (κ2) is 8.18. The number of rotatable bonds is 3. The Morgan fingerprint density at radius 2 is 2.00 bits per heavy atom. The Bertz CT molecular complexity index is 211. The fourth-order valence-corrected chi connectivity index (χ4v) is 0.274. The highest BCUT2D eigenvalue weighted by atomic mass is 19.4. The lowest BCUT2D eigenvalue weighted by atomic mass is 10.3. The van der Waals surface area contributed by atoms with Gasteiger partial charge in [0, 0.05) is 11.5 Å². The minimum Gasteiger partial charge on any atom is -0.475 e. The highest BCUT2D eigenvalue weighted by molar-refractivity contribution is 5.73. The molecule has 1 N–H and O–H groups in total. The molecule has 0 atom stereocenters. The van der Waals surface area contributed by atoms with Crippen LogP contribution in [0.2, 0.25) is 0 Å². The van der Waals surface area contributed by atoms with Crippen LogP contribution in [0.3, 0.4) is 0 Å². The normalized spacial score (nSPS) is 9.43. The van der Waals surface area contributed by atoms with E-state index in [2.05, 4.69) is 16.9 Å². The molecule has 0 bridgehead atoms. The fraction of sp³-hybridized carbons (Fsp3) is 0.833. The van der Waals surface area contributed by atoms with Gasteiger partial charge in [0.1, 0.15) is 0 Å². The first-order valence-electron chi connectivity index (χ1n) is 3.67. The van der Waals surface area contributed by atoms with Crippen molar-refractivity contribution < 1.29 is 23.1 Å². The molecule has 0 amide bonds. The number of nitrogens with zero attached hydrogens (tertiary/aromatic N) is 3. The van der Waals surface area contributed by atoms with Crippen LogP contribution in [0.4, 0.5) is 13.2 Å². The van der Waals surface area contributed by atoms with Crippen LogP contribution in [-0.2, 0) is 4.79 Å². The first-order chi connectivity index (χ1) is 6.36. The zero-order valence-electron chi connectivity index (χ0n) is 7.45. The van der Waals surface area contributed by atoms with Crippen molar-refractivity contribution in [2.75, 3.05) is 6.54 Å². The topological polar surface area (TPSA) is 86.1 Å². The van der Waals surface area contributed by atoms with Gasteiger partial charge in [-0.15, -0.1) is 0 Å². The second-order valence-corrected chi connectivity index (χ2v) is 2.11. The van der Waals surface area contributed by atoms with E-state index in [9.17, 15) is 13.2 Å². The van der Waals surface area contributed by atoms with E-state index >= 15 is 0 Å². The second-order valence-electron chi connectivity index (χ2n) is 2.11. The summed E-state index contributed by atoms with van der Waals surface area (Å²) in [4.78, 5) is 11.5. The number of halogens is 3. The van der Waals surface area contributed by atoms with Crippen LogP contribution in [0, 0.1) is 0 Å². The maximum atomic E-state index is 10.6. The van der Waals surface area contributed by atoms with Gasteiger partial charge in [-0.05, 0) is 12.0 Å². The number of carboxylic acid groups (broad SMARTS) is 1. The first-order valence-corrected chi connectivity index (χ1v) is 3.67. The average molecular weight is 213 g/mol.